The first kappa shape index (κ1) is 29.5. The van der Waals surface area contributed by atoms with Gasteiger partial charge in [0, 0.05) is 6.92 Å². The van der Waals surface area contributed by atoms with E-state index in [1.165, 1.54) is 6.92 Å². The molecule has 10 N–H and O–H groups in total. The number of aliphatic hydroxyl groups is 9. The smallest absolute Gasteiger partial charge is 0.217 e. The molecule has 3 rings (SSSR count). The molecule has 3 aliphatic rings. The molecule has 3 saturated heterocycles. The lowest BCUT2D eigenvalue weighted by atomic mass is 9.95. The monoisotopic (exact) mass is 529 g/mol. The molecule has 36 heavy (non-hydrogen) atoms. The Labute approximate surface area is 205 Å². The largest absolute Gasteiger partial charge is 0.394 e. The fourth-order valence-electron chi connectivity index (χ4n) is 4.43. The maximum atomic E-state index is 11.6. The van der Waals surface area contributed by atoms with Gasteiger partial charge in [0.2, 0.25) is 5.91 Å². The molecule has 1 unspecified atom stereocenters. The van der Waals surface area contributed by atoms with Crippen LogP contribution in [0.5, 0.6) is 0 Å². The minimum absolute atomic E-state index is 0.600. The summed E-state index contributed by atoms with van der Waals surface area (Å²) in [6.45, 7) is 1.16. The van der Waals surface area contributed by atoms with Gasteiger partial charge in [-0.3, -0.25) is 4.79 Å². The Kier molecular flexibility index (Phi) is 9.97. The zero-order valence-corrected chi connectivity index (χ0v) is 19.5. The molecule has 0 aliphatic carbocycles. The number of amides is 1. The van der Waals surface area contributed by atoms with Gasteiger partial charge in [-0.1, -0.05) is 0 Å². The van der Waals surface area contributed by atoms with Crippen LogP contribution >= 0.6 is 0 Å². The van der Waals surface area contributed by atoms with E-state index >= 15 is 0 Å². The number of rotatable bonds is 7. The molecule has 3 fully saturated rings. The Hall–Kier alpha value is -1.09. The van der Waals surface area contributed by atoms with E-state index in [2.05, 4.69) is 5.32 Å². The molecule has 16 nitrogen and oxygen atoms in total. The van der Waals surface area contributed by atoms with Crippen molar-refractivity contribution in [3.05, 3.63) is 0 Å². The average Bonchev–Trinajstić information content (AvgIpc) is 2.83. The lowest BCUT2D eigenvalue weighted by molar-refractivity contribution is -0.368. The highest BCUT2D eigenvalue weighted by Crippen LogP contribution is 2.32. The molecule has 0 aromatic rings. The number of ether oxygens (including phenoxy) is 5. The average molecular weight is 529 g/mol. The van der Waals surface area contributed by atoms with Gasteiger partial charge in [-0.15, -0.1) is 0 Å². The summed E-state index contributed by atoms with van der Waals surface area (Å²) in [5.74, 6) is -0.600. The summed E-state index contributed by atoms with van der Waals surface area (Å²) in [7, 11) is 0. The summed E-state index contributed by atoms with van der Waals surface area (Å²) in [4.78, 5) is 11.6. The van der Waals surface area contributed by atoms with Crippen LogP contribution in [0.1, 0.15) is 13.8 Å². The van der Waals surface area contributed by atoms with E-state index in [1.54, 1.807) is 0 Å². The molecule has 3 aliphatic heterocycles. The van der Waals surface area contributed by atoms with Crippen molar-refractivity contribution in [2.45, 2.75) is 106 Å². The van der Waals surface area contributed by atoms with Gasteiger partial charge >= 0.3 is 0 Å². The maximum absolute atomic E-state index is 11.6. The maximum Gasteiger partial charge on any atom is 0.217 e. The van der Waals surface area contributed by atoms with Crippen LogP contribution in [0, 0.1) is 0 Å². The van der Waals surface area contributed by atoms with Crippen molar-refractivity contribution in [3.8, 4) is 0 Å². The summed E-state index contributed by atoms with van der Waals surface area (Å²) in [6, 6.07) is -1.33. The predicted molar refractivity (Wildman–Crippen MR) is 111 cm³/mol. The topological polar surface area (TPSA) is 257 Å². The first-order chi connectivity index (χ1) is 16.9. The minimum atomic E-state index is -1.83. The Morgan fingerprint density at radius 3 is 1.83 bits per heavy atom. The lowest BCUT2D eigenvalue weighted by Crippen LogP contribution is -2.68. The van der Waals surface area contributed by atoms with Crippen molar-refractivity contribution in [1.29, 1.82) is 0 Å². The van der Waals surface area contributed by atoms with Crippen LogP contribution in [0.4, 0.5) is 0 Å². The fourth-order valence-corrected chi connectivity index (χ4v) is 4.43. The van der Waals surface area contributed by atoms with Crippen LogP contribution in [-0.4, -0.2) is 157 Å². The highest BCUT2D eigenvalue weighted by atomic mass is 16.7. The van der Waals surface area contributed by atoms with Gasteiger partial charge in [-0.2, -0.15) is 0 Å². The minimum Gasteiger partial charge on any atom is -0.394 e. The second-order valence-corrected chi connectivity index (χ2v) is 9.05. The number of hydrogen-bond donors (Lipinski definition) is 10. The zero-order valence-electron chi connectivity index (χ0n) is 19.5. The van der Waals surface area contributed by atoms with Gasteiger partial charge in [0.25, 0.3) is 0 Å². The second kappa shape index (κ2) is 12.2. The van der Waals surface area contributed by atoms with E-state index < -0.39 is 111 Å². The fraction of sp³-hybridized carbons (Fsp3) is 0.950. The van der Waals surface area contributed by atoms with Crippen molar-refractivity contribution < 1.29 is 74.4 Å². The molecule has 0 radical (unpaired) electrons. The number of nitrogens with one attached hydrogen (secondary N) is 1. The molecule has 0 bridgehead atoms. The Morgan fingerprint density at radius 1 is 0.722 bits per heavy atom. The van der Waals surface area contributed by atoms with E-state index in [1.807, 2.05) is 0 Å². The number of carbonyl (C=O) groups is 1. The predicted octanol–water partition coefficient (Wildman–Crippen LogP) is -6.40. The molecule has 1 amide bonds. The van der Waals surface area contributed by atoms with Crippen LogP contribution in [0.25, 0.3) is 0 Å². The van der Waals surface area contributed by atoms with Crippen LogP contribution in [0.15, 0.2) is 0 Å². The van der Waals surface area contributed by atoms with Crippen LogP contribution < -0.4 is 5.32 Å². The first-order valence-corrected chi connectivity index (χ1v) is 11.4. The summed E-state index contributed by atoms with van der Waals surface area (Å²) < 4.78 is 27.1. The van der Waals surface area contributed by atoms with Crippen LogP contribution in [-0.2, 0) is 28.5 Å². The Balaban J connectivity index is 1.72. The molecule has 0 spiro atoms. The molecule has 0 saturated carbocycles. The third-order valence-corrected chi connectivity index (χ3v) is 6.45. The molecule has 15 atom stereocenters. The van der Waals surface area contributed by atoms with E-state index in [9.17, 15) is 50.8 Å². The van der Waals surface area contributed by atoms with Gasteiger partial charge in [-0.05, 0) is 6.92 Å². The Morgan fingerprint density at radius 2 is 1.25 bits per heavy atom. The zero-order chi connectivity index (χ0) is 26.9. The van der Waals surface area contributed by atoms with Gasteiger partial charge in [0.05, 0.1) is 19.3 Å². The van der Waals surface area contributed by atoms with Gasteiger partial charge in [-0.25, -0.2) is 0 Å². The first-order valence-electron chi connectivity index (χ1n) is 11.4. The standard InChI is InChI=1S/C20H35NO15/c1-5-16(35-20-14(29)12(27)10(25)7(3-22)34-20)13(28)15(30)19(32-5)36-17-9(21-6(2)24)18(31)33-8(4-23)11(17)26/h5,7-20,22-23,25-31H,3-4H2,1-2H3,(H,21,24)/t5-,7+,8+,9+,10-,11+,12-,13-,14+,15-,16+,17+,18?,19-,20-/m0/s1. The highest BCUT2D eigenvalue weighted by molar-refractivity contribution is 5.73. The molecule has 210 valence electrons. The normalized spacial score (nSPS) is 50.0. The van der Waals surface area contributed by atoms with Crippen LogP contribution in [0.3, 0.4) is 0 Å². The SMILES string of the molecule is CC(=O)N[C@H]1C(O)O[C@H](CO)[C@@H](O)[C@@H]1O[C@@H]1O[C@@H](C)[C@@H](O[C@@H]2O[C@H](CO)[C@H](O)[C@H](O)[C@H]2O)[C@@H](O)[C@@H]1O. The highest BCUT2D eigenvalue weighted by Gasteiger charge is 2.52. The Bertz CT molecular complexity index is 729. The molecular formula is C20H35NO15. The lowest BCUT2D eigenvalue weighted by Gasteiger charge is -2.48. The molecule has 3 heterocycles. The van der Waals surface area contributed by atoms with Crippen molar-refractivity contribution in [2.24, 2.45) is 0 Å². The molecule has 0 aromatic carbocycles. The van der Waals surface area contributed by atoms with Gasteiger partial charge < -0.3 is 75.0 Å². The van der Waals surface area contributed by atoms with E-state index in [-0.39, 0.29) is 0 Å². The summed E-state index contributed by atoms with van der Waals surface area (Å²) >= 11 is 0. The summed E-state index contributed by atoms with van der Waals surface area (Å²) in [6.07, 6.45) is -21.6. The quantitative estimate of drug-likeness (QED) is 0.147. The van der Waals surface area contributed by atoms with Crippen molar-refractivity contribution in [3.63, 3.8) is 0 Å². The summed E-state index contributed by atoms with van der Waals surface area (Å²) in [5, 5.41) is 93.3. The molecule has 16 heteroatoms. The van der Waals surface area contributed by atoms with Gasteiger partial charge in [0.15, 0.2) is 18.9 Å². The third-order valence-electron chi connectivity index (χ3n) is 6.45. The number of hydrogen-bond acceptors (Lipinski definition) is 15. The molecule has 0 aromatic heterocycles. The van der Waals surface area contributed by atoms with Crippen molar-refractivity contribution >= 4 is 5.91 Å². The van der Waals surface area contributed by atoms with E-state index in [0.29, 0.717) is 0 Å². The van der Waals surface area contributed by atoms with Crippen LogP contribution in [0.2, 0.25) is 0 Å². The second-order valence-electron chi connectivity index (χ2n) is 9.05. The van der Waals surface area contributed by atoms with E-state index in [4.69, 9.17) is 23.7 Å². The third kappa shape index (κ3) is 5.97. The number of aliphatic hydroxyl groups excluding tert-OH is 9. The number of carbonyl (C=O) groups excluding carboxylic acids is 1. The van der Waals surface area contributed by atoms with Gasteiger partial charge in [0.1, 0.15) is 67.1 Å². The van der Waals surface area contributed by atoms with Crippen molar-refractivity contribution in [1.82, 2.24) is 5.32 Å². The van der Waals surface area contributed by atoms with E-state index in [0.717, 1.165) is 6.92 Å². The van der Waals surface area contributed by atoms with Crippen molar-refractivity contribution in [2.75, 3.05) is 13.2 Å². The summed E-state index contributed by atoms with van der Waals surface area (Å²) in [5.41, 5.74) is 0. The molecular weight excluding hydrogens is 494 g/mol.